The second kappa shape index (κ2) is 8.98. The molecule has 0 aliphatic carbocycles. The summed E-state index contributed by atoms with van der Waals surface area (Å²) in [5.41, 5.74) is 3.70. The molecule has 0 saturated carbocycles. The topological polar surface area (TPSA) is 86.2 Å². The number of rotatable bonds is 2. The highest BCUT2D eigenvalue weighted by atomic mass is 15.3. The van der Waals surface area contributed by atoms with Crippen molar-refractivity contribution in [3.05, 3.63) is 48.8 Å². The molecule has 4 aromatic rings. The molecule has 8 nitrogen and oxygen atoms in total. The van der Waals surface area contributed by atoms with E-state index in [0.717, 1.165) is 22.7 Å². The van der Waals surface area contributed by atoms with Crippen LogP contribution in [0.15, 0.2) is 37.4 Å². The first kappa shape index (κ1) is 21.1. The highest BCUT2D eigenvalue weighted by Crippen LogP contribution is 2.15. The minimum absolute atomic E-state index is 0. The number of nitrogens with zero attached hydrogens (tertiary/aromatic N) is 8. The van der Waals surface area contributed by atoms with Gasteiger partial charge in [0.15, 0.2) is 11.3 Å². The van der Waals surface area contributed by atoms with E-state index in [0.29, 0.717) is 11.8 Å². The molecule has 0 unspecified atom stereocenters. The zero-order chi connectivity index (χ0) is 17.1. The second-order valence-corrected chi connectivity index (χ2v) is 6.02. The minimum atomic E-state index is 0. The first-order valence-corrected chi connectivity index (χ1v) is 7.86. The molecule has 0 aromatic carbocycles. The number of hydrogen-bond acceptors (Lipinski definition) is 6. The Morgan fingerprint density at radius 1 is 0.808 bits per heavy atom. The Morgan fingerprint density at radius 2 is 1.42 bits per heavy atom. The van der Waals surface area contributed by atoms with Gasteiger partial charge >= 0.3 is 0 Å². The van der Waals surface area contributed by atoms with E-state index in [1.807, 2.05) is 10.6 Å². The van der Waals surface area contributed by atoms with Crippen LogP contribution in [0.5, 0.6) is 0 Å². The van der Waals surface area contributed by atoms with Gasteiger partial charge in [0, 0.05) is 24.8 Å². The van der Waals surface area contributed by atoms with Gasteiger partial charge in [-0.1, -0.05) is 42.5 Å². The van der Waals surface area contributed by atoms with Gasteiger partial charge in [-0.15, -0.1) is 10.2 Å². The number of fused-ring (bicyclic) bond motifs is 2. The molecular formula is C18H28N8. The van der Waals surface area contributed by atoms with Crippen LogP contribution in [0.4, 0.5) is 0 Å². The summed E-state index contributed by atoms with van der Waals surface area (Å²) in [7, 11) is 0. The molecule has 4 rings (SSSR count). The van der Waals surface area contributed by atoms with Crippen LogP contribution in [-0.4, -0.2) is 39.2 Å². The van der Waals surface area contributed by atoms with E-state index >= 15 is 0 Å². The van der Waals surface area contributed by atoms with Gasteiger partial charge in [0.05, 0.1) is 11.4 Å². The summed E-state index contributed by atoms with van der Waals surface area (Å²) in [5.74, 6) is 0.774. The van der Waals surface area contributed by atoms with Crippen molar-refractivity contribution < 1.29 is 0 Å². The van der Waals surface area contributed by atoms with Crippen LogP contribution >= 0.6 is 0 Å². The third-order valence-electron chi connectivity index (χ3n) is 3.56. The van der Waals surface area contributed by atoms with E-state index in [9.17, 15) is 0 Å². The summed E-state index contributed by atoms with van der Waals surface area (Å²) in [5, 5.41) is 11.8. The molecule has 0 bridgehead atoms. The van der Waals surface area contributed by atoms with Crippen LogP contribution in [-0.2, 0) is 0 Å². The fourth-order valence-corrected chi connectivity index (χ4v) is 2.37. The Kier molecular flexibility index (Phi) is 7.30. The lowest BCUT2D eigenvalue weighted by molar-refractivity contribution is 0.806. The molecular weight excluding hydrogens is 328 g/mol. The van der Waals surface area contributed by atoms with Crippen LogP contribution in [0.2, 0.25) is 0 Å². The van der Waals surface area contributed by atoms with Crippen molar-refractivity contribution >= 4 is 11.3 Å². The molecule has 8 heteroatoms. The Bertz CT molecular complexity index is 860. The van der Waals surface area contributed by atoms with Gasteiger partial charge in [-0.05, 0) is 11.8 Å². The zero-order valence-electron chi connectivity index (χ0n) is 14.2. The summed E-state index contributed by atoms with van der Waals surface area (Å²) < 4.78 is 3.62. The average molecular weight is 356 g/mol. The van der Waals surface area contributed by atoms with E-state index in [-0.39, 0.29) is 14.9 Å². The van der Waals surface area contributed by atoms with Crippen LogP contribution in [0, 0.1) is 0 Å². The van der Waals surface area contributed by atoms with Gasteiger partial charge in [0.25, 0.3) is 0 Å². The smallest absolute Gasteiger partial charge is 0.182 e. The van der Waals surface area contributed by atoms with E-state index in [2.05, 4.69) is 57.9 Å². The molecule has 0 N–H and O–H groups in total. The molecule has 0 spiro atoms. The SMILES string of the molecule is C.C.CC(C)c1nccn2cnnc12.CC(C)c1nccn2ncnc12. The molecule has 4 heterocycles. The Labute approximate surface area is 154 Å². The van der Waals surface area contributed by atoms with E-state index in [4.69, 9.17) is 0 Å². The van der Waals surface area contributed by atoms with Crippen molar-refractivity contribution in [1.29, 1.82) is 0 Å². The molecule has 0 saturated heterocycles. The van der Waals surface area contributed by atoms with Crippen molar-refractivity contribution in [1.82, 2.24) is 39.2 Å². The molecule has 4 aromatic heterocycles. The van der Waals surface area contributed by atoms with Crippen molar-refractivity contribution in [2.24, 2.45) is 0 Å². The first-order chi connectivity index (χ1) is 11.6. The van der Waals surface area contributed by atoms with E-state index < -0.39 is 0 Å². The maximum atomic E-state index is 4.26. The Hall–Kier alpha value is -2.90. The van der Waals surface area contributed by atoms with Crippen molar-refractivity contribution in [2.45, 2.75) is 54.4 Å². The maximum Gasteiger partial charge on any atom is 0.182 e. The Balaban J connectivity index is 0.000000241. The summed E-state index contributed by atoms with van der Waals surface area (Å²) in [6.45, 7) is 8.38. The highest BCUT2D eigenvalue weighted by Gasteiger charge is 2.08. The van der Waals surface area contributed by atoms with Crippen molar-refractivity contribution in [3.8, 4) is 0 Å². The number of hydrogen-bond donors (Lipinski definition) is 0. The third kappa shape index (κ3) is 4.19. The molecule has 0 aliphatic rings. The summed E-state index contributed by atoms with van der Waals surface area (Å²) in [6, 6.07) is 0. The fraction of sp³-hybridized carbons (Fsp3) is 0.444. The second-order valence-electron chi connectivity index (χ2n) is 6.02. The standard InChI is InChI=1S/2C8H10N4.2CH4/c1-6(2)7-8-11-10-5-12(8)4-3-9-7;1-6(2)7-8-10-5-11-12(8)4-3-9-7;;/h2*3-6H,1-2H3;2*1H4. The highest BCUT2D eigenvalue weighted by molar-refractivity contribution is 5.43. The lowest BCUT2D eigenvalue weighted by Gasteiger charge is -2.03. The molecule has 0 atom stereocenters. The molecule has 0 aliphatic heterocycles. The first-order valence-electron chi connectivity index (χ1n) is 7.86. The normalized spacial score (nSPS) is 10.4. The molecule has 0 amide bonds. The number of aromatic nitrogens is 8. The van der Waals surface area contributed by atoms with Crippen molar-refractivity contribution in [2.75, 3.05) is 0 Å². The zero-order valence-corrected chi connectivity index (χ0v) is 14.2. The van der Waals surface area contributed by atoms with Crippen LogP contribution in [0.1, 0.15) is 65.8 Å². The Morgan fingerprint density at radius 3 is 2.08 bits per heavy atom. The van der Waals surface area contributed by atoms with Gasteiger partial charge in [0.1, 0.15) is 12.7 Å². The van der Waals surface area contributed by atoms with Crippen molar-refractivity contribution in [3.63, 3.8) is 0 Å². The predicted octanol–water partition coefficient (Wildman–Crippen LogP) is 3.77. The van der Waals surface area contributed by atoms with Gasteiger partial charge in [-0.25, -0.2) is 9.50 Å². The van der Waals surface area contributed by atoms with Gasteiger partial charge in [0.2, 0.25) is 0 Å². The predicted molar refractivity (Wildman–Crippen MR) is 103 cm³/mol. The monoisotopic (exact) mass is 356 g/mol. The average Bonchev–Trinajstić information content (AvgIpc) is 3.23. The van der Waals surface area contributed by atoms with Crippen LogP contribution < -0.4 is 0 Å². The van der Waals surface area contributed by atoms with E-state index in [1.165, 1.54) is 0 Å². The molecule has 0 fully saturated rings. The van der Waals surface area contributed by atoms with Crippen LogP contribution in [0.25, 0.3) is 11.3 Å². The van der Waals surface area contributed by atoms with E-state index in [1.54, 1.807) is 35.8 Å². The maximum absolute atomic E-state index is 4.26. The quantitative estimate of drug-likeness (QED) is 0.543. The lowest BCUT2D eigenvalue weighted by atomic mass is 10.1. The van der Waals surface area contributed by atoms with Gasteiger partial charge in [-0.3, -0.25) is 14.4 Å². The minimum Gasteiger partial charge on any atom is -0.286 e. The lowest BCUT2D eigenvalue weighted by Crippen LogP contribution is -1.98. The summed E-state index contributed by atoms with van der Waals surface area (Å²) >= 11 is 0. The fourth-order valence-electron chi connectivity index (χ4n) is 2.37. The van der Waals surface area contributed by atoms with Crippen LogP contribution in [0.3, 0.4) is 0 Å². The largest absolute Gasteiger partial charge is 0.286 e. The molecule has 26 heavy (non-hydrogen) atoms. The molecule has 140 valence electrons. The summed E-state index contributed by atoms with van der Waals surface area (Å²) in [6.07, 6.45) is 10.4. The van der Waals surface area contributed by atoms with Gasteiger partial charge in [-0.2, -0.15) is 5.10 Å². The van der Waals surface area contributed by atoms with Gasteiger partial charge < -0.3 is 0 Å². The molecule has 0 radical (unpaired) electrons. The summed E-state index contributed by atoms with van der Waals surface area (Å²) in [4.78, 5) is 12.6. The third-order valence-corrected chi connectivity index (χ3v) is 3.56.